The van der Waals surface area contributed by atoms with Crippen LogP contribution in [-0.2, 0) is 17.8 Å². The number of carbonyl (C=O) groups excluding carboxylic acids is 1. The summed E-state index contributed by atoms with van der Waals surface area (Å²) in [6.07, 6.45) is 2.33. The molecule has 0 aliphatic rings. The Bertz CT molecular complexity index is 621. The molecule has 0 saturated heterocycles. The lowest BCUT2D eigenvalue weighted by Crippen LogP contribution is -2.20. The maximum Gasteiger partial charge on any atom is 0.131 e. The molecule has 1 aromatic heterocycles. The van der Waals surface area contributed by atoms with E-state index >= 15 is 0 Å². The lowest BCUT2D eigenvalue weighted by Gasteiger charge is -2.08. The van der Waals surface area contributed by atoms with Gasteiger partial charge in [-0.1, -0.05) is 6.92 Å². The highest BCUT2D eigenvalue weighted by Crippen LogP contribution is 2.18. The van der Waals surface area contributed by atoms with Crippen LogP contribution in [-0.4, -0.2) is 28.4 Å². The SMILES string of the molecule is CCCNCCc1nc2cc(F)ccc2n1CCC(C)=O. The molecule has 0 spiro atoms. The molecule has 21 heavy (non-hydrogen) atoms. The van der Waals surface area contributed by atoms with Crippen molar-refractivity contribution in [2.75, 3.05) is 13.1 Å². The summed E-state index contributed by atoms with van der Waals surface area (Å²) in [7, 11) is 0. The van der Waals surface area contributed by atoms with Crippen molar-refractivity contribution in [3.8, 4) is 0 Å². The molecule has 0 atom stereocenters. The zero-order valence-electron chi connectivity index (χ0n) is 12.7. The topological polar surface area (TPSA) is 46.9 Å². The number of nitrogens with zero attached hydrogens (tertiary/aromatic N) is 2. The first-order valence-electron chi connectivity index (χ1n) is 7.46. The van der Waals surface area contributed by atoms with Crippen molar-refractivity contribution in [2.24, 2.45) is 0 Å². The number of imidazole rings is 1. The summed E-state index contributed by atoms with van der Waals surface area (Å²) in [5, 5.41) is 3.34. The summed E-state index contributed by atoms with van der Waals surface area (Å²) in [6.45, 7) is 6.11. The maximum atomic E-state index is 13.3. The predicted molar refractivity (Wildman–Crippen MR) is 81.9 cm³/mol. The van der Waals surface area contributed by atoms with Crippen LogP contribution < -0.4 is 5.32 Å². The third-order valence-electron chi connectivity index (χ3n) is 3.43. The van der Waals surface area contributed by atoms with Crippen molar-refractivity contribution in [1.82, 2.24) is 14.9 Å². The van der Waals surface area contributed by atoms with E-state index in [-0.39, 0.29) is 11.6 Å². The number of hydrogen-bond donors (Lipinski definition) is 1. The summed E-state index contributed by atoms with van der Waals surface area (Å²) in [4.78, 5) is 15.8. The third kappa shape index (κ3) is 4.11. The van der Waals surface area contributed by atoms with Gasteiger partial charge >= 0.3 is 0 Å². The molecule has 5 heteroatoms. The average Bonchev–Trinajstić information content (AvgIpc) is 2.78. The number of ketones is 1. The van der Waals surface area contributed by atoms with Gasteiger partial charge in [0.05, 0.1) is 11.0 Å². The molecule has 1 N–H and O–H groups in total. The summed E-state index contributed by atoms with van der Waals surface area (Å²) in [5.41, 5.74) is 1.55. The van der Waals surface area contributed by atoms with Crippen molar-refractivity contribution in [2.45, 2.75) is 39.7 Å². The van der Waals surface area contributed by atoms with Gasteiger partial charge in [0.25, 0.3) is 0 Å². The summed E-state index contributed by atoms with van der Waals surface area (Å²) < 4.78 is 15.4. The van der Waals surface area contributed by atoms with Gasteiger partial charge in [0.2, 0.25) is 0 Å². The number of benzene rings is 1. The molecular formula is C16H22FN3O. The van der Waals surface area contributed by atoms with Crippen LogP contribution in [0.3, 0.4) is 0 Å². The number of rotatable bonds is 8. The molecule has 0 aliphatic heterocycles. The van der Waals surface area contributed by atoms with Crippen LogP contribution in [0.25, 0.3) is 11.0 Å². The van der Waals surface area contributed by atoms with E-state index in [1.807, 2.05) is 4.57 Å². The number of aryl methyl sites for hydroxylation is 1. The number of hydrogen-bond acceptors (Lipinski definition) is 3. The first-order chi connectivity index (χ1) is 10.1. The lowest BCUT2D eigenvalue weighted by molar-refractivity contribution is -0.117. The van der Waals surface area contributed by atoms with E-state index in [2.05, 4.69) is 17.2 Å². The van der Waals surface area contributed by atoms with E-state index in [1.54, 1.807) is 13.0 Å². The van der Waals surface area contributed by atoms with E-state index < -0.39 is 0 Å². The summed E-state index contributed by atoms with van der Waals surface area (Å²) >= 11 is 0. The zero-order valence-corrected chi connectivity index (χ0v) is 12.7. The lowest BCUT2D eigenvalue weighted by atomic mass is 10.2. The van der Waals surface area contributed by atoms with Crippen molar-refractivity contribution in [1.29, 1.82) is 0 Å². The van der Waals surface area contributed by atoms with Gasteiger partial charge in [-0.3, -0.25) is 4.79 Å². The molecule has 1 aromatic carbocycles. The first-order valence-corrected chi connectivity index (χ1v) is 7.46. The van der Waals surface area contributed by atoms with Gasteiger partial charge in [0, 0.05) is 32.0 Å². The van der Waals surface area contributed by atoms with Crippen LogP contribution in [0.1, 0.15) is 32.5 Å². The van der Waals surface area contributed by atoms with Crippen LogP contribution in [0.5, 0.6) is 0 Å². The Morgan fingerprint density at radius 3 is 2.90 bits per heavy atom. The second kappa shape index (κ2) is 7.31. The van der Waals surface area contributed by atoms with Gasteiger partial charge in [-0.25, -0.2) is 9.37 Å². The minimum atomic E-state index is -0.283. The molecule has 2 aromatic rings. The van der Waals surface area contributed by atoms with Crippen molar-refractivity contribution in [3.63, 3.8) is 0 Å². The Morgan fingerprint density at radius 2 is 2.19 bits per heavy atom. The van der Waals surface area contributed by atoms with E-state index in [0.717, 1.165) is 37.3 Å². The second-order valence-corrected chi connectivity index (χ2v) is 5.26. The van der Waals surface area contributed by atoms with Crippen LogP contribution in [0, 0.1) is 5.82 Å². The summed E-state index contributed by atoms with van der Waals surface area (Å²) in [6, 6.07) is 4.62. The highest BCUT2D eigenvalue weighted by molar-refractivity contribution is 5.77. The van der Waals surface area contributed by atoms with Gasteiger partial charge in [-0.05, 0) is 32.0 Å². The smallest absolute Gasteiger partial charge is 0.131 e. The molecule has 2 rings (SSSR count). The van der Waals surface area contributed by atoms with E-state index in [0.29, 0.717) is 18.5 Å². The largest absolute Gasteiger partial charge is 0.327 e. The maximum absolute atomic E-state index is 13.3. The second-order valence-electron chi connectivity index (χ2n) is 5.26. The zero-order chi connectivity index (χ0) is 15.2. The molecule has 1 heterocycles. The monoisotopic (exact) mass is 291 g/mol. The van der Waals surface area contributed by atoms with Crippen molar-refractivity contribution < 1.29 is 9.18 Å². The Morgan fingerprint density at radius 1 is 1.38 bits per heavy atom. The minimum absolute atomic E-state index is 0.147. The molecule has 0 unspecified atom stereocenters. The van der Waals surface area contributed by atoms with Crippen LogP contribution in [0.4, 0.5) is 4.39 Å². The number of aromatic nitrogens is 2. The fourth-order valence-electron chi connectivity index (χ4n) is 2.36. The quantitative estimate of drug-likeness (QED) is 0.761. The molecule has 4 nitrogen and oxygen atoms in total. The molecule has 0 radical (unpaired) electrons. The van der Waals surface area contributed by atoms with Gasteiger partial charge < -0.3 is 9.88 Å². The molecule has 114 valence electrons. The number of Topliss-reactive ketones (excluding diaryl/α,β-unsaturated/α-hetero) is 1. The van der Waals surface area contributed by atoms with Crippen LogP contribution >= 0.6 is 0 Å². The molecular weight excluding hydrogens is 269 g/mol. The Labute approximate surface area is 124 Å². The highest BCUT2D eigenvalue weighted by atomic mass is 19.1. The number of carbonyl (C=O) groups is 1. The van der Waals surface area contributed by atoms with Gasteiger partial charge in [0.15, 0.2) is 0 Å². The average molecular weight is 291 g/mol. The first kappa shape index (κ1) is 15.6. The van der Waals surface area contributed by atoms with E-state index in [1.165, 1.54) is 12.1 Å². The van der Waals surface area contributed by atoms with Gasteiger partial charge in [0.1, 0.15) is 17.4 Å². The predicted octanol–water partition coefficient (Wildman–Crippen LogP) is 2.70. The van der Waals surface area contributed by atoms with Gasteiger partial charge in [-0.2, -0.15) is 0 Å². The fraction of sp³-hybridized carbons (Fsp3) is 0.500. The van der Waals surface area contributed by atoms with Crippen LogP contribution in [0.15, 0.2) is 18.2 Å². The molecule has 0 aliphatic carbocycles. The fourth-order valence-corrected chi connectivity index (χ4v) is 2.36. The standard InChI is InChI=1S/C16H22FN3O/c1-3-8-18-9-6-16-19-14-11-13(17)4-5-15(14)20(16)10-7-12(2)21/h4-5,11,18H,3,6-10H2,1-2H3. The molecule has 0 saturated carbocycles. The van der Waals surface area contributed by atoms with Crippen molar-refractivity contribution >= 4 is 16.8 Å². The van der Waals surface area contributed by atoms with Crippen LogP contribution in [0.2, 0.25) is 0 Å². The number of fused-ring (bicyclic) bond motifs is 1. The molecule has 0 bridgehead atoms. The normalized spacial score (nSPS) is 11.2. The number of nitrogens with one attached hydrogen (secondary N) is 1. The van der Waals surface area contributed by atoms with E-state index in [9.17, 15) is 9.18 Å². The minimum Gasteiger partial charge on any atom is -0.327 e. The Kier molecular flexibility index (Phi) is 5.44. The molecule has 0 fully saturated rings. The van der Waals surface area contributed by atoms with Crippen molar-refractivity contribution in [3.05, 3.63) is 29.8 Å². The molecule has 0 amide bonds. The summed E-state index contributed by atoms with van der Waals surface area (Å²) in [5.74, 6) is 0.767. The van der Waals surface area contributed by atoms with Gasteiger partial charge in [-0.15, -0.1) is 0 Å². The highest BCUT2D eigenvalue weighted by Gasteiger charge is 2.11. The van der Waals surface area contributed by atoms with E-state index in [4.69, 9.17) is 0 Å². The Hall–Kier alpha value is -1.75. The third-order valence-corrected chi connectivity index (χ3v) is 3.43. The number of halogens is 1. The Balaban J connectivity index is 2.23.